The third kappa shape index (κ3) is 5.47. The fourth-order valence-corrected chi connectivity index (χ4v) is 3.32. The largest absolute Gasteiger partial charge is 0.497 e. The van der Waals surface area contributed by atoms with E-state index in [9.17, 15) is 4.79 Å². The second kappa shape index (κ2) is 9.42. The molecule has 0 saturated carbocycles. The molecule has 0 unspecified atom stereocenters. The van der Waals surface area contributed by atoms with Crippen LogP contribution in [0.4, 0.5) is 0 Å². The molecular weight excluding hydrogens is 340 g/mol. The molecule has 5 nitrogen and oxygen atoms in total. The molecule has 1 aliphatic rings. The third-order valence-corrected chi connectivity index (χ3v) is 4.89. The number of carbonyl (C=O) groups is 1. The lowest BCUT2D eigenvalue weighted by molar-refractivity contribution is -0.127. The molecule has 0 spiro atoms. The highest BCUT2D eigenvalue weighted by atomic mass is 16.5. The first kappa shape index (κ1) is 19.2. The summed E-state index contributed by atoms with van der Waals surface area (Å²) in [7, 11) is 1.61. The van der Waals surface area contributed by atoms with Gasteiger partial charge >= 0.3 is 0 Å². The minimum atomic E-state index is -0.581. The molecule has 1 fully saturated rings. The van der Waals surface area contributed by atoms with E-state index in [4.69, 9.17) is 9.47 Å². The summed E-state index contributed by atoms with van der Waals surface area (Å²) in [6.45, 7) is 5.53. The van der Waals surface area contributed by atoms with Crippen LogP contribution in [0.15, 0.2) is 48.5 Å². The van der Waals surface area contributed by atoms with Crippen LogP contribution >= 0.6 is 0 Å². The summed E-state index contributed by atoms with van der Waals surface area (Å²) in [6, 6.07) is 15.6. The van der Waals surface area contributed by atoms with E-state index < -0.39 is 6.10 Å². The zero-order valence-corrected chi connectivity index (χ0v) is 16.1. The molecule has 1 aliphatic heterocycles. The quantitative estimate of drug-likeness (QED) is 0.776. The Kier molecular flexibility index (Phi) is 6.71. The van der Waals surface area contributed by atoms with Crippen LogP contribution in [0.3, 0.4) is 0 Å². The van der Waals surface area contributed by atoms with Gasteiger partial charge in [0.05, 0.1) is 7.11 Å². The maximum absolute atomic E-state index is 12.5. The molecule has 1 amide bonds. The highest BCUT2D eigenvalue weighted by molar-refractivity contribution is 5.80. The summed E-state index contributed by atoms with van der Waals surface area (Å²) in [5, 5.41) is 3.00. The van der Waals surface area contributed by atoms with Crippen molar-refractivity contribution in [2.45, 2.75) is 39.0 Å². The van der Waals surface area contributed by atoms with Crippen LogP contribution in [-0.4, -0.2) is 37.1 Å². The van der Waals surface area contributed by atoms with Gasteiger partial charge in [0.2, 0.25) is 0 Å². The van der Waals surface area contributed by atoms with Gasteiger partial charge in [-0.3, -0.25) is 9.69 Å². The topological polar surface area (TPSA) is 50.8 Å². The molecule has 1 saturated heterocycles. The van der Waals surface area contributed by atoms with Crippen LogP contribution in [0.5, 0.6) is 11.5 Å². The Balaban J connectivity index is 1.55. The van der Waals surface area contributed by atoms with Crippen molar-refractivity contribution in [2.75, 3.05) is 20.2 Å². The van der Waals surface area contributed by atoms with Crippen LogP contribution in [0.2, 0.25) is 0 Å². The van der Waals surface area contributed by atoms with E-state index in [2.05, 4.69) is 28.4 Å². The van der Waals surface area contributed by atoms with Crippen LogP contribution < -0.4 is 14.8 Å². The molecule has 0 radical (unpaired) electrons. The average Bonchev–Trinajstić information content (AvgIpc) is 3.20. The van der Waals surface area contributed by atoms with Crippen molar-refractivity contribution in [3.05, 3.63) is 59.7 Å². The Morgan fingerprint density at radius 2 is 1.78 bits per heavy atom. The van der Waals surface area contributed by atoms with E-state index >= 15 is 0 Å². The summed E-state index contributed by atoms with van der Waals surface area (Å²) in [5.74, 6) is 1.19. The zero-order chi connectivity index (χ0) is 19.1. The van der Waals surface area contributed by atoms with Crippen molar-refractivity contribution in [3.8, 4) is 11.5 Å². The maximum Gasteiger partial charge on any atom is 0.261 e. The molecule has 2 aromatic carbocycles. The number of nitrogens with zero attached hydrogens (tertiary/aromatic N) is 1. The summed E-state index contributed by atoms with van der Waals surface area (Å²) in [4.78, 5) is 14.9. The first-order valence-corrected chi connectivity index (χ1v) is 9.53. The number of ether oxygens (including phenoxy) is 2. The highest BCUT2D eigenvalue weighted by Gasteiger charge is 2.17. The molecule has 0 bridgehead atoms. The zero-order valence-electron chi connectivity index (χ0n) is 16.1. The standard InChI is InChI=1S/C22H28N2O3/c1-17(27-21-11-7-10-20(14-21)26-2)22(25)23-15-18-8-3-4-9-19(18)16-24-12-5-6-13-24/h3-4,7-11,14,17H,5-6,12-13,15-16H2,1-2H3,(H,23,25)/t17-/m1/s1. The molecular formula is C22H28N2O3. The Hall–Kier alpha value is -2.53. The Morgan fingerprint density at radius 1 is 1.07 bits per heavy atom. The average molecular weight is 368 g/mol. The van der Waals surface area contributed by atoms with Crippen molar-refractivity contribution in [3.63, 3.8) is 0 Å². The number of hydrogen-bond acceptors (Lipinski definition) is 4. The Bertz CT molecular complexity index is 757. The van der Waals surface area contributed by atoms with Gasteiger partial charge in [-0.2, -0.15) is 0 Å². The minimum Gasteiger partial charge on any atom is -0.497 e. The smallest absolute Gasteiger partial charge is 0.261 e. The van der Waals surface area contributed by atoms with Crippen LogP contribution in [0, 0.1) is 0 Å². The molecule has 0 aromatic heterocycles. The van der Waals surface area contributed by atoms with Gasteiger partial charge in [0.15, 0.2) is 6.10 Å². The second-order valence-electron chi connectivity index (χ2n) is 6.91. The van der Waals surface area contributed by atoms with Crippen molar-refractivity contribution < 1.29 is 14.3 Å². The van der Waals surface area contributed by atoms with Crippen molar-refractivity contribution in [1.82, 2.24) is 10.2 Å². The van der Waals surface area contributed by atoms with Crippen molar-refractivity contribution >= 4 is 5.91 Å². The molecule has 1 atom stereocenters. The summed E-state index contributed by atoms with van der Waals surface area (Å²) in [6.07, 6.45) is 1.97. The number of carbonyl (C=O) groups excluding carboxylic acids is 1. The van der Waals surface area contributed by atoms with E-state index in [1.165, 1.54) is 18.4 Å². The van der Waals surface area contributed by atoms with E-state index in [1.54, 1.807) is 20.1 Å². The Labute approximate surface area is 161 Å². The molecule has 3 rings (SSSR count). The molecule has 5 heteroatoms. The first-order valence-electron chi connectivity index (χ1n) is 9.53. The van der Waals surface area contributed by atoms with Gasteiger partial charge in [0.1, 0.15) is 11.5 Å². The lowest BCUT2D eigenvalue weighted by Gasteiger charge is -2.19. The molecule has 0 aliphatic carbocycles. The van der Waals surface area contributed by atoms with E-state index in [1.807, 2.05) is 24.3 Å². The molecule has 1 heterocycles. The van der Waals surface area contributed by atoms with Gasteiger partial charge in [0.25, 0.3) is 5.91 Å². The highest BCUT2D eigenvalue weighted by Crippen LogP contribution is 2.20. The first-order chi connectivity index (χ1) is 13.2. The van der Waals surface area contributed by atoms with E-state index in [0.29, 0.717) is 18.0 Å². The number of amides is 1. The van der Waals surface area contributed by atoms with Crippen LogP contribution in [0.1, 0.15) is 30.9 Å². The third-order valence-electron chi connectivity index (χ3n) is 4.89. The second-order valence-corrected chi connectivity index (χ2v) is 6.91. The minimum absolute atomic E-state index is 0.131. The van der Waals surface area contributed by atoms with Gasteiger partial charge in [-0.25, -0.2) is 0 Å². The number of likely N-dealkylation sites (tertiary alicyclic amines) is 1. The van der Waals surface area contributed by atoms with Crippen molar-refractivity contribution in [1.29, 1.82) is 0 Å². The summed E-state index contributed by atoms with van der Waals surface area (Å²) >= 11 is 0. The van der Waals surface area contributed by atoms with Crippen LogP contribution in [0.25, 0.3) is 0 Å². The predicted molar refractivity (Wildman–Crippen MR) is 106 cm³/mol. The fourth-order valence-electron chi connectivity index (χ4n) is 3.32. The molecule has 1 N–H and O–H groups in total. The fraction of sp³-hybridized carbons (Fsp3) is 0.409. The SMILES string of the molecule is COc1cccc(O[C@H](C)C(=O)NCc2ccccc2CN2CCCC2)c1. The lowest BCUT2D eigenvalue weighted by Crippen LogP contribution is -2.36. The lowest BCUT2D eigenvalue weighted by atomic mass is 10.1. The normalized spacial score (nSPS) is 15.3. The monoisotopic (exact) mass is 368 g/mol. The van der Waals surface area contributed by atoms with Gasteiger partial charge in [-0.05, 0) is 56.1 Å². The number of methoxy groups -OCH3 is 1. The number of hydrogen-bond donors (Lipinski definition) is 1. The molecule has 2 aromatic rings. The van der Waals surface area contributed by atoms with E-state index in [-0.39, 0.29) is 5.91 Å². The molecule has 144 valence electrons. The van der Waals surface area contributed by atoms with Crippen molar-refractivity contribution in [2.24, 2.45) is 0 Å². The summed E-state index contributed by atoms with van der Waals surface area (Å²) in [5.41, 5.74) is 2.44. The van der Waals surface area contributed by atoms with Crippen LogP contribution in [-0.2, 0) is 17.9 Å². The molecule has 27 heavy (non-hydrogen) atoms. The number of benzene rings is 2. The number of rotatable bonds is 8. The van der Waals surface area contributed by atoms with Gasteiger partial charge in [-0.1, -0.05) is 30.3 Å². The van der Waals surface area contributed by atoms with Gasteiger partial charge in [-0.15, -0.1) is 0 Å². The summed E-state index contributed by atoms with van der Waals surface area (Å²) < 4.78 is 10.9. The van der Waals surface area contributed by atoms with Gasteiger partial charge < -0.3 is 14.8 Å². The Morgan fingerprint density at radius 3 is 2.52 bits per heavy atom. The predicted octanol–water partition coefficient (Wildman–Crippen LogP) is 3.37. The van der Waals surface area contributed by atoms with E-state index in [0.717, 1.165) is 25.2 Å². The number of nitrogens with one attached hydrogen (secondary N) is 1. The maximum atomic E-state index is 12.5. The van der Waals surface area contributed by atoms with Gasteiger partial charge in [0, 0.05) is 19.2 Å².